The molecule has 0 spiro atoms. The second-order valence-electron chi connectivity index (χ2n) is 6.11. The summed E-state index contributed by atoms with van der Waals surface area (Å²) < 4.78 is 27.2. The maximum absolute atomic E-state index is 13.6. The molecule has 2 heterocycles. The van der Waals surface area contributed by atoms with Crippen LogP contribution in [-0.4, -0.2) is 19.1 Å². The molecule has 0 saturated carbocycles. The zero-order valence-corrected chi connectivity index (χ0v) is 12.2. The Bertz CT molecular complexity index is 694. The molecular weight excluding hydrogens is 282 g/mol. The molecule has 2 aromatic carbocycles. The van der Waals surface area contributed by atoms with E-state index < -0.39 is 11.6 Å². The van der Waals surface area contributed by atoms with E-state index in [1.165, 1.54) is 17.7 Å². The minimum Gasteiger partial charge on any atom is -0.381 e. The van der Waals surface area contributed by atoms with Crippen molar-refractivity contribution in [2.75, 3.05) is 18.4 Å². The number of anilines is 1. The second-order valence-corrected chi connectivity index (χ2v) is 6.11. The van der Waals surface area contributed by atoms with Gasteiger partial charge in [-0.3, -0.25) is 0 Å². The second kappa shape index (κ2) is 5.36. The lowest BCUT2D eigenvalue weighted by atomic mass is 9.86. The topological polar surface area (TPSA) is 24.1 Å². The SMILES string of the molecule is Fc1cc(F)cc(-c2cccc3c2[C@H]2CCNCC[C@@H]2N3)c1. The van der Waals surface area contributed by atoms with Gasteiger partial charge in [-0.1, -0.05) is 12.1 Å². The summed E-state index contributed by atoms with van der Waals surface area (Å²) in [6, 6.07) is 10.1. The lowest BCUT2D eigenvalue weighted by molar-refractivity contribution is 0.578. The molecule has 1 saturated heterocycles. The zero-order valence-electron chi connectivity index (χ0n) is 12.2. The number of hydrogen-bond donors (Lipinski definition) is 2. The Morgan fingerprint density at radius 3 is 2.55 bits per heavy atom. The standard InChI is InChI=1S/C18H18F2N2/c19-12-8-11(9-13(20)10-12)14-2-1-3-17-18(14)15-4-6-21-7-5-16(15)22-17/h1-3,8-10,15-16,21-22H,4-7H2/t15-,16-/m0/s1. The van der Waals surface area contributed by atoms with E-state index in [0.717, 1.165) is 43.2 Å². The van der Waals surface area contributed by atoms with E-state index in [4.69, 9.17) is 0 Å². The molecule has 4 heteroatoms. The van der Waals surface area contributed by atoms with E-state index >= 15 is 0 Å². The van der Waals surface area contributed by atoms with Crippen LogP contribution in [-0.2, 0) is 0 Å². The molecule has 2 aliphatic heterocycles. The van der Waals surface area contributed by atoms with Crippen molar-refractivity contribution < 1.29 is 8.78 Å². The van der Waals surface area contributed by atoms with E-state index in [1.807, 2.05) is 12.1 Å². The Hall–Kier alpha value is -1.94. The number of rotatable bonds is 1. The Morgan fingerprint density at radius 2 is 1.73 bits per heavy atom. The first-order chi connectivity index (χ1) is 10.7. The van der Waals surface area contributed by atoms with Crippen LogP contribution in [0.25, 0.3) is 11.1 Å². The minimum absolute atomic E-state index is 0.396. The van der Waals surface area contributed by atoms with Gasteiger partial charge in [0.25, 0.3) is 0 Å². The zero-order chi connectivity index (χ0) is 15.1. The van der Waals surface area contributed by atoms with Crippen molar-refractivity contribution in [2.45, 2.75) is 24.8 Å². The van der Waals surface area contributed by atoms with Gasteiger partial charge >= 0.3 is 0 Å². The predicted molar refractivity (Wildman–Crippen MR) is 84.0 cm³/mol. The van der Waals surface area contributed by atoms with Crippen molar-refractivity contribution >= 4 is 5.69 Å². The van der Waals surface area contributed by atoms with Gasteiger partial charge in [0.2, 0.25) is 0 Å². The van der Waals surface area contributed by atoms with E-state index in [2.05, 4.69) is 16.7 Å². The molecule has 0 aromatic heterocycles. The fourth-order valence-corrected chi connectivity index (χ4v) is 3.81. The average Bonchev–Trinajstić information content (AvgIpc) is 2.68. The van der Waals surface area contributed by atoms with Crippen LogP contribution in [0, 0.1) is 11.6 Å². The molecule has 0 unspecified atom stereocenters. The van der Waals surface area contributed by atoms with Crippen LogP contribution in [0.3, 0.4) is 0 Å². The molecular formula is C18H18F2N2. The summed E-state index contributed by atoms with van der Waals surface area (Å²) in [4.78, 5) is 0. The summed E-state index contributed by atoms with van der Waals surface area (Å²) in [6.45, 7) is 1.99. The number of hydrogen-bond acceptors (Lipinski definition) is 2. The van der Waals surface area contributed by atoms with Gasteiger partial charge < -0.3 is 10.6 Å². The van der Waals surface area contributed by atoms with E-state index in [1.54, 1.807) is 0 Å². The van der Waals surface area contributed by atoms with Crippen LogP contribution in [0.2, 0.25) is 0 Å². The Balaban J connectivity index is 1.84. The van der Waals surface area contributed by atoms with Gasteiger partial charge in [-0.25, -0.2) is 8.78 Å². The van der Waals surface area contributed by atoms with Crippen LogP contribution >= 0.6 is 0 Å². The van der Waals surface area contributed by atoms with Crippen LogP contribution in [0.5, 0.6) is 0 Å². The van der Waals surface area contributed by atoms with Gasteiger partial charge in [-0.05, 0) is 60.8 Å². The smallest absolute Gasteiger partial charge is 0.126 e. The highest BCUT2D eigenvalue weighted by molar-refractivity contribution is 5.77. The molecule has 2 nitrogen and oxygen atoms in total. The molecule has 2 aliphatic rings. The van der Waals surface area contributed by atoms with Crippen molar-refractivity contribution in [3.63, 3.8) is 0 Å². The van der Waals surface area contributed by atoms with Crippen LogP contribution in [0.15, 0.2) is 36.4 Å². The Morgan fingerprint density at radius 1 is 0.955 bits per heavy atom. The highest BCUT2D eigenvalue weighted by atomic mass is 19.1. The molecule has 2 aromatic rings. The largest absolute Gasteiger partial charge is 0.381 e. The van der Waals surface area contributed by atoms with Crippen LogP contribution < -0.4 is 10.6 Å². The van der Waals surface area contributed by atoms with Crippen molar-refractivity contribution in [2.24, 2.45) is 0 Å². The average molecular weight is 300 g/mol. The molecule has 0 aliphatic carbocycles. The fourth-order valence-electron chi connectivity index (χ4n) is 3.81. The van der Waals surface area contributed by atoms with E-state index in [9.17, 15) is 8.78 Å². The van der Waals surface area contributed by atoms with E-state index in [-0.39, 0.29) is 0 Å². The first-order valence-electron chi connectivity index (χ1n) is 7.79. The normalized spacial score (nSPS) is 23.4. The van der Waals surface area contributed by atoms with Crippen molar-refractivity contribution in [3.05, 3.63) is 53.6 Å². The van der Waals surface area contributed by atoms with E-state index in [0.29, 0.717) is 17.5 Å². The Kier molecular flexibility index (Phi) is 3.34. The summed E-state index contributed by atoms with van der Waals surface area (Å²) >= 11 is 0. The predicted octanol–water partition coefficient (Wildman–Crippen LogP) is 3.89. The number of benzene rings is 2. The lowest BCUT2D eigenvalue weighted by Gasteiger charge is -2.18. The maximum atomic E-state index is 13.6. The quantitative estimate of drug-likeness (QED) is 0.835. The summed E-state index contributed by atoms with van der Waals surface area (Å²) in [7, 11) is 0. The molecule has 0 radical (unpaired) electrons. The monoisotopic (exact) mass is 300 g/mol. The van der Waals surface area contributed by atoms with Gasteiger partial charge in [-0.2, -0.15) is 0 Å². The highest BCUT2D eigenvalue weighted by Gasteiger charge is 2.34. The molecule has 0 bridgehead atoms. The van der Waals surface area contributed by atoms with Gasteiger partial charge in [0.15, 0.2) is 0 Å². The van der Waals surface area contributed by atoms with Crippen molar-refractivity contribution in [1.29, 1.82) is 0 Å². The van der Waals surface area contributed by atoms with Gasteiger partial charge in [-0.15, -0.1) is 0 Å². The van der Waals surface area contributed by atoms with Gasteiger partial charge in [0.05, 0.1) is 0 Å². The van der Waals surface area contributed by atoms with Crippen molar-refractivity contribution in [1.82, 2.24) is 5.32 Å². The molecule has 0 amide bonds. The van der Waals surface area contributed by atoms with Crippen LogP contribution in [0.1, 0.15) is 24.3 Å². The minimum atomic E-state index is -0.530. The molecule has 2 N–H and O–H groups in total. The third-order valence-corrected chi connectivity index (χ3v) is 4.74. The lowest BCUT2D eigenvalue weighted by Crippen LogP contribution is -2.21. The molecule has 4 rings (SSSR count). The number of nitrogens with one attached hydrogen (secondary N) is 2. The first kappa shape index (κ1) is 13.7. The highest BCUT2D eigenvalue weighted by Crippen LogP contribution is 2.45. The number of fused-ring (bicyclic) bond motifs is 3. The van der Waals surface area contributed by atoms with Crippen LogP contribution in [0.4, 0.5) is 14.5 Å². The van der Waals surface area contributed by atoms with Gasteiger partial charge in [0, 0.05) is 23.7 Å². The summed E-state index contributed by atoms with van der Waals surface area (Å²) in [6.07, 6.45) is 2.11. The summed E-state index contributed by atoms with van der Waals surface area (Å²) in [5, 5.41) is 7.01. The molecule has 1 fully saturated rings. The third-order valence-electron chi connectivity index (χ3n) is 4.74. The summed E-state index contributed by atoms with van der Waals surface area (Å²) in [5.74, 6) is -0.664. The number of halogens is 2. The summed E-state index contributed by atoms with van der Waals surface area (Å²) in [5.41, 5.74) is 3.88. The maximum Gasteiger partial charge on any atom is 0.126 e. The third kappa shape index (κ3) is 2.28. The molecule has 2 atom stereocenters. The first-order valence-corrected chi connectivity index (χ1v) is 7.79. The molecule has 22 heavy (non-hydrogen) atoms. The fraction of sp³-hybridized carbons (Fsp3) is 0.333. The Labute approximate surface area is 128 Å². The van der Waals surface area contributed by atoms with Gasteiger partial charge in [0.1, 0.15) is 11.6 Å². The molecule has 114 valence electrons. The van der Waals surface area contributed by atoms with Crippen molar-refractivity contribution in [3.8, 4) is 11.1 Å².